The zero-order valence-electron chi connectivity index (χ0n) is 10.6. The molecule has 5 heteroatoms. The van der Waals surface area contributed by atoms with Crippen LogP contribution in [0.25, 0.3) is 11.1 Å². The van der Waals surface area contributed by atoms with E-state index in [-0.39, 0.29) is 4.90 Å². The van der Waals surface area contributed by atoms with Gasteiger partial charge in [0.05, 0.1) is 12.0 Å². The van der Waals surface area contributed by atoms with Crippen LogP contribution in [0.2, 0.25) is 0 Å². The van der Waals surface area contributed by atoms with Crippen molar-refractivity contribution in [3.8, 4) is 16.9 Å². The smallest absolute Gasteiger partial charge is 0.261 e. The first-order valence-corrected chi connectivity index (χ1v) is 7.92. The Labute approximate surface area is 117 Å². The van der Waals surface area contributed by atoms with Crippen molar-refractivity contribution in [2.24, 2.45) is 0 Å². The fourth-order valence-corrected chi connectivity index (χ4v) is 2.70. The molecule has 0 aromatic heterocycles. The SMILES string of the molecule is COc1ccc(-c2cc(C)cc(S(=O)(=O)Cl)c2)cc1. The molecule has 0 aliphatic rings. The molecule has 100 valence electrons. The number of aryl methyl sites for hydroxylation is 1. The van der Waals surface area contributed by atoms with E-state index < -0.39 is 9.05 Å². The molecule has 0 amide bonds. The maximum atomic E-state index is 11.4. The second kappa shape index (κ2) is 5.23. The third kappa shape index (κ3) is 3.28. The molecule has 2 aromatic rings. The summed E-state index contributed by atoms with van der Waals surface area (Å²) in [5, 5.41) is 0. The van der Waals surface area contributed by atoms with E-state index in [4.69, 9.17) is 15.4 Å². The zero-order chi connectivity index (χ0) is 14.0. The summed E-state index contributed by atoms with van der Waals surface area (Å²) in [5.41, 5.74) is 2.56. The summed E-state index contributed by atoms with van der Waals surface area (Å²) < 4.78 is 27.9. The minimum Gasteiger partial charge on any atom is -0.497 e. The lowest BCUT2D eigenvalue weighted by atomic mass is 10.0. The molecule has 0 aliphatic carbocycles. The average molecular weight is 297 g/mol. The minimum absolute atomic E-state index is 0.111. The maximum Gasteiger partial charge on any atom is 0.261 e. The van der Waals surface area contributed by atoms with Crippen molar-refractivity contribution in [2.75, 3.05) is 7.11 Å². The summed E-state index contributed by atoms with van der Waals surface area (Å²) in [4.78, 5) is 0.111. The number of methoxy groups -OCH3 is 1. The van der Waals surface area contributed by atoms with Gasteiger partial charge in [-0.15, -0.1) is 0 Å². The molecule has 0 N–H and O–H groups in total. The molecule has 0 aliphatic heterocycles. The van der Waals surface area contributed by atoms with E-state index in [0.717, 1.165) is 22.4 Å². The van der Waals surface area contributed by atoms with Crippen LogP contribution in [0.3, 0.4) is 0 Å². The Morgan fingerprint density at radius 1 is 1.00 bits per heavy atom. The molecule has 0 radical (unpaired) electrons. The zero-order valence-corrected chi connectivity index (χ0v) is 12.1. The topological polar surface area (TPSA) is 43.4 Å². The first-order chi connectivity index (χ1) is 8.90. The summed E-state index contributed by atoms with van der Waals surface area (Å²) in [6.07, 6.45) is 0. The Morgan fingerprint density at radius 2 is 1.63 bits per heavy atom. The first kappa shape index (κ1) is 13.9. The largest absolute Gasteiger partial charge is 0.497 e. The third-order valence-corrected chi connectivity index (χ3v) is 4.09. The first-order valence-electron chi connectivity index (χ1n) is 5.61. The predicted octanol–water partition coefficient (Wildman–Crippen LogP) is 3.60. The molecule has 0 spiro atoms. The fraction of sp³-hybridized carbons (Fsp3) is 0.143. The van der Waals surface area contributed by atoms with Gasteiger partial charge < -0.3 is 4.74 Å². The van der Waals surface area contributed by atoms with Crippen molar-refractivity contribution in [1.29, 1.82) is 0 Å². The lowest BCUT2D eigenvalue weighted by Crippen LogP contribution is -1.93. The number of ether oxygens (including phenoxy) is 1. The number of hydrogen-bond acceptors (Lipinski definition) is 3. The molecule has 19 heavy (non-hydrogen) atoms. The lowest BCUT2D eigenvalue weighted by Gasteiger charge is -2.07. The summed E-state index contributed by atoms with van der Waals surface area (Å²) in [6.45, 7) is 1.83. The quantitative estimate of drug-likeness (QED) is 0.813. The highest BCUT2D eigenvalue weighted by Crippen LogP contribution is 2.27. The molecule has 0 saturated carbocycles. The molecule has 0 bridgehead atoms. The molecule has 0 fully saturated rings. The standard InChI is InChI=1S/C14H13ClO3S/c1-10-7-12(9-14(8-10)19(15,16)17)11-3-5-13(18-2)6-4-11/h3-9H,1-2H3. The second-order valence-electron chi connectivity index (χ2n) is 4.20. The molecular weight excluding hydrogens is 284 g/mol. The van der Waals surface area contributed by atoms with Crippen LogP contribution in [-0.2, 0) is 9.05 Å². The Balaban J connectivity index is 2.52. The van der Waals surface area contributed by atoms with E-state index in [2.05, 4.69) is 0 Å². The monoisotopic (exact) mass is 296 g/mol. The van der Waals surface area contributed by atoms with Crippen LogP contribution in [-0.4, -0.2) is 15.5 Å². The van der Waals surface area contributed by atoms with Crippen LogP contribution in [0.4, 0.5) is 0 Å². The predicted molar refractivity (Wildman–Crippen MR) is 76.2 cm³/mol. The Morgan fingerprint density at radius 3 is 2.16 bits per heavy atom. The summed E-state index contributed by atoms with van der Waals surface area (Å²) in [5.74, 6) is 0.751. The number of halogens is 1. The molecular formula is C14H13ClO3S. The normalized spacial score (nSPS) is 11.3. The Bertz CT molecular complexity index is 691. The van der Waals surface area contributed by atoms with Crippen molar-refractivity contribution < 1.29 is 13.2 Å². The summed E-state index contributed by atoms with van der Waals surface area (Å²) in [6, 6.07) is 12.4. The van der Waals surface area contributed by atoms with Gasteiger partial charge in [-0.2, -0.15) is 0 Å². The van der Waals surface area contributed by atoms with Crippen LogP contribution >= 0.6 is 10.7 Å². The van der Waals surface area contributed by atoms with Crippen LogP contribution in [0, 0.1) is 6.92 Å². The lowest BCUT2D eigenvalue weighted by molar-refractivity contribution is 0.415. The number of benzene rings is 2. The Hall–Kier alpha value is -1.52. The van der Waals surface area contributed by atoms with Gasteiger partial charge in [-0.05, 0) is 47.9 Å². The van der Waals surface area contributed by atoms with E-state index in [9.17, 15) is 8.42 Å². The van der Waals surface area contributed by atoms with Crippen LogP contribution in [0.15, 0.2) is 47.4 Å². The molecule has 2 aromatic carbocycles. The van der Waals surface area contributed by atoms with Gasteiger partial charge in [0.2, 0.25) is 0 Å². The molecule has 0 atom stereocenters. The molecule has 0 heterocycles. The van der Waals surface area contributed by atoms with Gasteiger partial charge in [-0.1, -0.05) is 18.2 Å². The van der Waals surface area contributed by atoms with Gasteiger partial charge in [0.1, 0.15) is 5.75 Å². The van der Waals surface area contributed by atoms with Crippen LogP contribution < -0.4 is 4.74 Å². The summed E-state index contributed by atoms with van der Waals surface area (Å²) in [7, 11) is 3.27. The molecule has 3 nitrogen and oxygen atoms in total. The van der Waals surface area contributed by atoms with Crippen molar-refractivity contribution in [3.63, 3.8) is 0 Å². The van der Waals surface area contributed by atoms with Gasteiger partial charge in [0.25, 0.3) is 9.05 Å². The number of rotatable bonds is 3. The van der Waals surface area contributed by atoms with Crippen LogP contribution in [0.5, 0.6) is 5.75 Å². The van der Waals surface area contributed by atoms with Gasteiger partial charge in [0.15, 0.2) is 0 Å². The van der Waals surface area contributed by atoms with Gasteiger partial charge >= 0.3 is 0 Å². The van der Waals surface area contributed by atoms with Crippen molar-refractivity contribution in [3.05, 3.63) is 48.0 Å². The van der Waals surface area contributed by atoms with Gasteiger partial charge in [-0.25, -0.2) is 8.42 Å². The molecule has 0 unspecified atom stereocenters. The van der Waals surface area contributed by atoms with E-state index in [0.29, 0.717) is 0 Å². The highest BCUT2D eigenvalue weighted by atomic mass is 35.7. The molecule has 0 saturated heterocycles. The maximum absolute atomic E-state index is 11.4. The van der Waals surface area contributed by atoms with Crippen molar-refractivity contribution >= 4 is 19.7 Å². The third-order valence-electron chi connectivity index (χ3n) is 2.76. The van der Waals surface area contributed by atoms with E-state index in [1.807, 2.05) is 37.3 Å². The summed E-state index contributed by atoms with van der Waals surface area (Å²) >= 11 is 0. The highest BCUT2D eigenvalue weighted by molar-refractivity contribution is 8.13. The van der Waals surface area contributed by atoms with Crippen molar-refractivity contribution in [2.45, 2.75) is 11.8 Å². The minimum atomic E-state index is -3.72. The van der Waals surface area contributed by atoms with E-state index in [1.54, 1.807) is 19.2 Å². The second-order valence-corrected chi connectivity index (χ2v) is 6.77. The fourth-order valence-electron chi connectivity index (χ4n) is 1.84. The highest BCUT2D eigenvalue weighted by Gasteiger charge is 2.12. The van der Waals surface area contributed by atoms with Gasteiger partial charge in [0, 0.05) is 10.7 Å². The van der Waals surface area contributed by atoms with E-state index in [1.165, 1.54) is 0 Å². The van der Waals surface area contributed by atoms with Crippen molar-refractivity contribution in [1.82, 2.24) is 0 Å². The van der Waals surface area contributed by atoms with Gasteiger partial charge in [-0.3, -0.25) is 0 Å². The van der Waals surface area contributed by atoms with E-state index >= 15 is 0 Å². The average Bonchev–Trinajstić information content (AvgIpc) is 2.37. The van der Waals surface area contributed by atoms with Crippen LogP contribution in [0.1, 0.15) is 5.56 Å². The number of hydrogen-bond donors (Lipinski definition) is 0. The molecule has 2 rings (SSSR count). The Kier molecular flexibility index (Phi) is 3.83.